The van der Waals surface area contributed by atoms with E-state index in [2.05, 4.69) is 0 Å². The Labute approximate surface area is 122 Å². The molecule has 0 saturated heterocycles. The summed E-state index contributed by atoms with van der Waals surface area (Å²) in [7, 11) is 1.64. The van der Waals surface area contributed by atoms with Crippen molar-refractivity contribution in [1.82, 2.24) is 0 Å². The van der Waals surface area contributed by atoms with E-state index >= 15 is 0 Å². The molecule has 0 aliphatic carbocycles. The van der Waals surface area contributed by atoms with Gasteiger partial charge in [-0.05, 0) is 48.7 Å². The summed E-state index contributed by atoms with van der Waals surface area (Å²) in [6, 6.07) is 7.09. The van der Waals surface area contributed by atoms with Crippen LogP contribution in [0.2, 0.25) is 10.0 Å². The fourth-order valence-electron chi connectivity index (χ4n) is 2.04. The molecule has 0 heterocycles. The molecular weight excluding hydrogens is 283 g/mol. The first-order valence-corrected chi connectivity index (χ1v) is 6.53. The van der Waals surface area contributed by atoms with Crippen molar-refractivity contribution in [3.8, 4) is 22.6 Å². The van der Waals surface area contributed by atoms with Crippen LogP contribution in [0.1, 0.15) is 11.1 Å². The van der Waals surface area contributed by atoms with E-state index < -0.39 is 0 Å². The molecule has 0 radical (unpaired) electrons. The average Bonchev–Trinajstić information content (AvgIpc) is 2.36. The number of benzene rings is 2. The number of ether oxygens (including phenoxy) is 1. The van der Waals surface area contributed by atoms with Gasteiger partial charge in [-0.15, -0.1) is 0 Å². The van der Waals surface area contributed by atoms with Gasteiger partial charge in [0, 0.05) is 11.6 Å². The van der Waals surface area contributed by atoms with Crippen molar-refractivity contribution in [2.24, 2.45) is 0 Å². The highest BCUT2D eigenvalue weighted by molar-refractivity contribution is 6.36. The quantitative estimate of drug-likeness (QED) is 0.846. The van der Waals surface area contributed by atoms with Gasteiger partial charge < -0.3 is 9.84 Å². The summed E-state index contributed by atoms with van der Waals surface area (Å²) in [5.41, 5.74) is 3.83. The molecule has 0 fully saturated rings. The molecule has 0 unspecified atom stereocenters. The number of rotatable bonds is 2. The maximum absolute atomic E-state index is 9.54. The van der Waals surface area contributed by atoms with Gasteiger partial charge in [0.1, 0.15) is 11.5 Å². The Morgan fingerprint density at radius 3 is 2.21 bits per heavy atom. The predicted molar refractivity (Wildman–Crippen MR) is 79.6 cm³/mol. The lowest BCUT2D eigenvalue weighted by atomic mass is 9.97. The van der Waals surface area contributed by atoms with Crippen LogP contribution < -0.4 is 4.74 Å². The molecule has 1 N–H and O–H groups in total. The van der Waals surface area contributed by atoms with Gasteiger partial charge in [0.25, 0.3) is 0 Å². The second kappa shape index (κ2) is 5.32. The van der Waals surface area contributed by atoms with Crippen molar-refractivity contribution in [1.29, 1.82) is 0 Å². The molecule has 19 heavy (non-hydrogen) atoms. The Kier molecular flexibility index (Phi) is 3.93. The molecule has 0 atom stereocenters. The fourth-order valence-corrected chi connectivity index (χ4v) is 2.47. The van der Waals surface area contributed by atoms with Crippen LogP contribution in [0.5, 0.6) is 11.5 Å². The number of halogens is 2. The molecule has 2 rings (SSSR count). The minimum absolute atomic E-state index is 0.0155. The van der Waals surface area contributed by atoms with Gasteiger partial charge in [-0.1, -0.05) is 23.2 Å². The molecule has 0 spiro atoms. The largest absolute Gasteiger partial charge is 0.506 e. The van der Waals surface area contributed by atoms with E-state index in [-0.39, 0.29) is 10.8 Å². The number of methoxy groups -OCH3 is 1. The summed E-state index contributed by atoms with van der Waals surface area (Å²) in [4.78, 5) is 0. The Morgan fingerprint density at radius 1 is 0.895 bits per heavy atom. The molecule has 2 nitrogen and oxygen atoms in total. The second-order valence-electron chi connectivity index (χ2n) is 4.42. The third-order valence-corrected chi connectivity index (χ3v) is 3.68. The maximum Gasteiger partial charge on any atom is 0.135 e. The van der Waals surface area contributed by atoms with E-state index in [1.807, 2.05) is 26.0 Å². The van der Waals surface area contributed by atoms with Gasteiger partial charge in [0.15, 0.2) is 0 Å². The van der Waals surface area contributed by atoms with Crippen LogP contribution in [-0.2, 0) is 0 Å². The molecule has 2 aromatic carbocycles. The summed E-state index contributed by atoms with van der Waals surface area (Å²) in [6.45, 7) is 3.95. The van der Waals surface area contributed by atoms with Gasteiger partial charge in [-0.2, -0.15) is 0 Å². The average molecular weight is 297 g/mol. The summed E-state index contributed by atoms with van der Waals surface area (Å²) in [5, 5.41) is 10.3. The summed E-state index contributed by atoms with van der Waals surface area (Å²) >= 11 is 12.1. The summed E-state index contributed by atoms with van der Waals surface area (Å²) < 4.78 is 5.29. The highest BCUT2D eigenvalue weighted by Crippen LogP contribution is 2.39. The molecule has 0 aliphatic rings. The van der Waals surface area contributed by atoms with Crippen molar-refractivity contribution >= 4 is 23.2 Å². The summed E-state index contributed by atoms with van der Waals surface area (Å²) in [6.07, 6.45) is 0. The van der Waals surface area contributed by atoms with E-state index in [1.54, 1.807) is 13.2 Å². The number of phenols is 1. The number of hydrogen-bond donors (Lipinski definition) is 1. The van der Waals surface area contributed by atoms with E-state index in [0.29, 0.717) is 5.02 Å². The van der Waals surface area contributed by atoms with Gasteiger partial charge in [-0.25, -0.2) is 0 Å². The SMILES string of the molecule is COc1cc(C)c(-c2cc(Cl)c(O)cc2Cl)cc1C. The lowest BCUT2D eigenvalue weighted by Gasteiger charge is -2.13. The lowest BCUT2D eigenvalue weighted by molar-refractivity contribution is 0.411. The minimum Gasteiger partial charge on any atom is -0.506 e. The fraction of sp³-hybridized carbons (Fsp3) is 0.200. The molecule has 0 bridgehead atoms. The van der Waals surface area contributed by atoms with E-state index in [4.69, 9.17) is 27.9 Å². The highest BCUT2D eigenvalue weighted by atomic mass is 35.5. The normalized spacial score (nSPS) is 10.6. The van der Waals surface area contributed by atoms with E-state index in [9.17, 15) is 5.11 Å². The van der Waals surface area contributed by atoms with Crippen molar-refractivity contribution < 1.29 is 9.84 Å². The third kappa shape index (κ3) is 2.65. The number of aryl methyl sites for hydroxylation is 2. The van der Waals surface area contributed by atoms with Gasteiger partial charge in [0.05, 0.1) is 17.2 Å². The minimum atomic E-state index is -0.0155. The molecule has 2 aromatic rings. The van der Waals surface area contributed by atoms with E-state index in [0.717, 1.165) is 28.0 Å². The third-order valence-electron chi connectivity index (χ3n) is 3.07. The van der Waals surface area contributed by atoms with Crippen LogP contribution in [0.3, 0.4) is 0 Å². The number of phenolic OH excluding ortho intramolecular Hbond substituents is 1. The van der Waals surface area contributed by atoms with Gasteiger partial charge in [-0.3, -0.25) is 0 Å². The van der Waals surface area contributed by atoms with Crippen LogP contribution in [0.4, 0.5) is 0 Å². The topological polar surface area (TPSA) is 29.5 Å². The predicted octanol–water partition coefficient (Wildman–Crippen LogP) is 4.99. The van der Waals surface area contributed by atoms with Gasteiger partial charge >= 0.3 is 0 Å². The molecule has 4 heteroatoms. The van der Waals surface area contributed by atoms with Crippen molar-refractivity contribution in [2.75, 3.05) is 7.11 Å². The number of aromatic hydroxyl groups is 1. The first-order valence-electron chi connectivity index (χ1n) is 5.77. The second-order valence-corrected chi connectivity index (χ2v) is 5.23. The molecule has 100 valence electrons. The zero-order chi connectivity index (χ0) is 14.2. The first-order chi connectivity index (χ1) is 8.93. The van der Waals surface area contributed by atoms with Crippen LogP contribution >= 0.6 is 23.2 Å². The van der Waals surface area contributed by atoms with Crippen molar-refractivity contribution in [3.63, 3.8) is 0 Å². The standard InChI is InChI=1S/C15H14Cl2O2/c1-8-5-15(19-3)9(2)4-10(8)11-6-13(17)14(18)7-12(11)16/h4-7,18H,1-3H3. The Hall–Kier alpha value is -1.38. The zero-order valence-corrected chi connectivity index (χ0v) is 12.4. The highest BCUT2D eigenvalue weighted by Gasteiger charge is 2.12. The van der Waals surface area contributed by atoms with E-state index in [1.165, 1.54) is 6.07 Å². The lowest BCUT2D eigenvalue weighted by Crippen LogP contribution is -1.92. The van der Waals surface area contributed by atoms with Gasteiger partial charge in [0.2, 0.25) is 0 Å². The first kappa shape index (κ1) is 14.0. The summed E-state index contributed by atoms with van der Waals surface area (Å²) in [5.74, 6) is 0.820. The molecule has 0 amide bonds. The number of hydrogen-bond acceptors (Lipinski definition) is 2. The Bertz CT molecular complexity index is 637. The van der Waals surface area contributed by atoms with Crippen molar-refractivity contribution in [2.45, 2.75) is 13.8 Å². The maximum atomic E-state index is 9.54. The smallest absolute Gasteiger partial charge is 0.135 e. The zero-order valence-electron chi connectivity index (χ0n) is 10.9. The van der Waals surface area contributed by atoms with Crippen LogP contribution in [-0.4, -0.2) is 12.2 Å². The molecular formula is C15H14Cl2O2. The molecule has 0 saturated carbocycles. The van der Waals surface area contributed by atoms with Crippen molar-refractivity contribution in [3.05, 3.63) is 45.4 Å². The Morgan fingerprint density at radius 2 is 1.58 bits per heavy atom. The Balaban J connectivity index is 2.65. The van der Waals surface area contributed by atoms with Crippen LogP contribution in [0, 0.1) is 13.8 Å². The monoisotopic (exact) mass is 296 g/mol. The van der Waals surface area contributed by atoms with Crippen LogP contribution in [0.25, 0.3) is 11.1 Å². The molecule has 0 aliphatic heterocycles. The molecule has 0 aromatic heterocycles. The van der Waals surface area contributed by atoms with Crippen LogP contribution in [0.15, 0.2) is 24.3 Å².